The van der Waals surface area contributed by atoms with Crippen LogP contribution in [-0.2, 0) is 11.6 Å². The van der Waals surface area contributed by atoms with Crippen LogP contribution in [0.25, 0.3) is 0 Å². The minimum absolute atomic E-state index is 0.520. The van der Waals surface area contributed by atoms with Crippen LogP contribution in [0, 0.1) is 18.3 Å². The third-order valence-electron chi connectivity index (χ3n) is 3.03. The van der Waals surface area contributed by atoms with Crippen molar-refractivity contribution in [3.8, 4) is 6.07 Å². The van der Waals surface area contributed by atoms with Crippen molar-refractivity contribution >= 4 is 0 Å². The zero-order valence-corrected chi connectivity index (χ0v) is 8.73. The van der Waals surface area contributed by atoms with E-state index in [2.05, 4.69) is 6.07 Å². The Labute approximate surface area is 91.5 Å². The molecular formula is C12H10F3N. The van der Waals surface area contributed by atoms with Crippen molar-refractivity contribution in [3.63, 3.8) is 0 Å². The molecule has 0 spiro atoms. The maximum Gasteiger partial charge on any atom is 0.416 e. The van der Waals surface area contributed by atoms with E-state index in [1.165, 1.54) is 6.07 Å². The molecule has 1 aromatic carbocycles. The molecule has 0 bridgehead atoms. The average molecular weight is 225 g/mol. The number of nitrogens with zero attached hydrogens (tertiary/aromatic N) is 1. The second-order valence-electron chi connectivity index (χ2n) is 4.22. The fraction of sp³-hybridized carbons (Fsp3) is 0.417. The van der Waals surface area contributed by atoms with Crippen LogP contribution in [0.5, 0.6) is 0 Å². The second kappa shape index (κ2) is 3.24. The third kappa shape index (κ3) is 1.67. The van der Waals surface area contributed by atoms with Crippen molar-refractivity contribution in [2.75, 3.05) is 0 Å². The first-order chi connectivity index (χ1) is 7.39. The molecule has 0 amide bonds. The van der Waals surface area contributed by atoms with E-state index < -0.39 is 17.2 Å². The summed E-state index contributed by atoms with van der Waals surface area (Å²) in [5.74, 6) is 0. The average Bonchev–Trinajstić information content (AvgIpc) is 2.97. The molecule has 1 saturated carbocycles. The normalized spacial score (nSPS) is 17.9. The second-order valence-corrected chi connectivity index (χ2v) is 4.22. The molecule has 0 radical (unpaired) electrons. The van der Waals surface area contributed by atoms with Gasteiger partial charge >= 0.3 is 6.18 Å². The lowest BCUT2D eigenvalue weighted by Crippen LogP contribution is -2.09. The molecule has 0 unspecified atom stereocenters. The zero-order valence-electron chi connectivity index (χ0n) is 8.73. The highest BCUT2D eigenvalue weighted by Crippen LogP contribution is 2.49. The molecule has 0 N–H and O–H groups in total. The van der Waals surface area contributed by atoms with Crippen LogP contribution in [0.4, 0.5) is 13.2 Å². The van der Waals surface area contributed by atoms with Crippen LogP contribution in [0.3, 0.4) is 0 Å². The van der Waals surface area contributed by atoms with Gasteiger partial charge in [0.2, 0.25) is 0 Å². The first kappa shape index (κ1) is 11.0. The molecule has 1 aliphatic rings. The van der Waals surface area contributed by atoms with Gasteiger partial charge in [-0.3, -0.25) is 0 Å². The summed E-state index contributed by atoms with van der Waals surface area (Å²) < 4.78 is 37.3. The molecule has 2 rings (SSSR count). The molecule has 0 heterocycles. The molecule has 0 aliphatic heterocycles. The van der Waals surface area contributed by atoms with Gasteiger partial charge in [-0.25, -0.2) is 0 Å². The fourth-order valence-electron chi connectivity index (χ4n) is 1.94. The molecule has 16 heavy (non-hydrogen) atoms. The fourth-order valence-corrected chi connectivity index (χ4v) is 1.94. The Bertz CT molecular complexity index is 464. The van der Waals surface area contributed by atoms with Gasteiger partial charge in [0, 0.05) is 0 Å². The summed E-state index contributed by atoms with van der Waals surface area (Å²) in [5, 5.41) is 8.99. The van der Waals surface area contributed by atoms with Gasteiger partial charge in [-0.2, -0.15) is 18.4 Å². The van der Waals surface area contributed by atoms with Crippen LogP contribution < -0.4 is 0 Å². The van der Waals surface area contributed by atoms with Gasteiger partial charge in [0.05, 0.1) is 17.0 Å². The highest BCUT2D eigenvalue weighted by Gasteiger charge is 2.46. The molecule has 4 heteroatoms. The van der Waals surface area contributed by atoms with Crippen LogP contribution in [0.15, 0.2) is 18.2 Å². The van der Waals surface area contributed by atoms with E-state index in [-0.39, 0.29) is 0 Å². The quantitative estimate of drug-likeness (QED) is 0.716. The standard InChI is InChI=1S/C12H10F3N/c1-8-6-9(12(13,14)15)2-3-10(8)11(7-16)4-5-11/h2-3,6H,4-5H2,1H3. The summed E-state index contributed by atoms with van der Waals surface area (Å²) in [6.45, 7) is 1.63. The maximum absolute atomic E-state index is 12.4. The molecule has 1 fully saturated rings. The van der Waals surface area contributed by atoms with Gasteiger partial charge < -0.3 is 0 Å². The number of benzene rings is 1. The van der Waals surface area contributed by atoms with Crippen LogP contribution >= 0.6 is 0 Å². The first-order valence-electron chi connectivity index (χ1n) is 4.99. The summed E-state index contributed by atoms with van der Waals surface area (Å²) in [4.78, 5) is 0. The summed E-state index contributed by atoms with van der Waals surface area (Å²) in [5.41, 5.74) is 0.119. The molecule has 1 nitrogen and oxygen atoms in total. The van der Waals surface area contributed by atoms with E-state index in [4.69, 9.17) is 5.26 Å². The van der Waals surface area contributed by atoms with Gasteiger partial charge in [-0.15, -0.1) is 0 Å². The lowest BCUT2D eigenvalue weighted by atomic mass is 9.92. The van der Waals surface area contributed by atoms with Crippen molar-refractivity contribution in [1.82, 2.24) is 0 Å². The Morgan fingerprint density at radius 3 is 2.31 bits per heavy atom. The molecule has 84 valence electrons. The van der Waals surface area contributed by atoms with Crippen LogP contribution in [-0.4, -0.2) is 0 Å². The molecular weight excluding hydrogens is 215 g/mol. The third-order valence-corrected chi connectivity index (χ3v) is 3.03. The Kier molecular flexibility index (Phi) is 2.23. The van der Waals surface area contributed by atoms with E-state index in [0.29, 0.717) is 5.56 Å². The van der Waals surface area contributed by atoms with E-state index in [0.717, 1.165) is 30.5 Å². The predicted molar refractivity (Wildman–Crippen MR) is 52.7 cm³/mol. The monoisotopic (exact) mass is 225 g/mol. The van der Waals surface area contributed by atoms with Gasteiger partial charge in [-0.1, -0.05) is 6.07 Å². The number of alkyl halides is 3. The van der Waals surface area contributed by atoms with Crippen molar-refractivity contribution in [1.29, 1.82) is 5.26 Å². The Morgan fingerprint density at radius 2 is 1.94 bits per heavy atom. The molecule has 0 atom stereocenters. The maximum atomic E-state index is 12.4. The molecule has 0 aromatic heterocycles. The Hall–Kier alpha value is -1.50. The van der Waals surface area contributed by atoms with Gasteiger partial charge in [0.15, 0.2) is 0 Å². The van der Waals surface area contributed by atoms with Crippen molar-refractivity contribution in [3.05, 3.63) is 34.9 Å². The van der Waals surface area contributed by atoms with E-state index in [9.17, 15) is 13.2 Å². The summed E-state index contributed by atoms with van der Waals surface area (Å²) in [7, 11) is 0. The predicted octanol–water partition coefficient (Wildman–Crippen LogP) is 3.57. The smallest absolute Gasteiger partial charge is 0.197 e. The van der Waals surface area contributed by atoms with E-state index in [1.807, 2.05) is 0 Å². The number of halogens is 3. The van der Waals surface area contributed by atoms with E-state index in [1.54, 1.807) is 6.92 Å². The van der Waals surface area contributed by atoms with Gasteiger partial charge in [0.1, 0.15) is 0 Å². The summed E-state index contributed by atoms with van der Waals surface area (Å²) in [6, 6.07) is 5.80. The number of nitriles is 1. The zero-order chi connectivity index (χ0) is 12.0. The molecule has 1 aliphatic carbocycles. The van der Waals surface area contributed by atoms with Crippen molar-refractivity contribution < 1.29 is 13.2 Å². The van der Waals surface area contributed by atoms with Crippen LogP contribution in [0.1, 0.15) is 29.5 Å². The first-order valence-corrected chi connectivity index (χ1v) is 4.99. The molecule has 0 saturated heterocycles. The number of hydrogen-bond acceptors (Lipinski definition) is 1. The van der Waals surface area contributed by atoms with Crippen molar-refractivity contribution in [2.24, 2.45) is 0 Å². The highest BCUT2D eigenvalue weighted by molar-refractivity contribution is 5.45. The van der Waals surface area contributed by atoms with Crippen molar-refractivity contribution in [2.45, 2.75) is 31.4 Å². The lowest BCUT2D eigenvalue weighted by molar-refractivity contribution is -0.137. The Balaban J connectivity index is 2.43. The Morgan fingerprint density at radius 1 is 1.31 bits per heavy atom. The minimum Gasteiger partial charge on any atom is -0.197 e. The number of rotatable bonds is 1. The number of aryl methyl sites for hydroxylation is 1. The highest BCUT2D eigenvalue weighted by atomic mass is 19.4. The topological polar surface area (TPSA) is 23.8 Å². The summed E-state index contributed by atoms with van der Waals surface area (Å²) in [6.07, 6.45) is -2.82. The van der Waals surface area contributed by atoms with Gasteiger partial charge in [0.25, 0.3) is 0 Å². The summed E-state index contributed by atoms with van der Waals surface area (Å²) >= 11 is 0. The van der Waals surface area contributed by atoms with Gasteiger partial charge in [-0.05, 0) is 43.0 Å². The van der Waals surface area contributed by atoms with Crippen LogP contribution in [0.2, 0.25) is 0 Å². The number of hydrogen-bond donors (Lipinski definition) is 0. The van der Waals surface area contributed by atoms with E-state index >= 15 is 0 Å². The molecule has 1 aromatic rings. The largest absolute Gasteiger partial charge is 0.416 e. The minimum atomic E-state index is -4.31. The lowest BCUT2D eigenvalue weighted by Gasteiger charge is -2.13. The SMILES string of the molecule is Cc1cc(C(F)(F)F)ccc1C1(C#N)CC1.